The van der Waals surface area contributed by atoms with E-state index in [1.807, 2.05) is 0 Å². The van der Waals surface area contributed by atoms with Crippen LogP contribution in [0.15, 0.2) is 46.0 Å². The molecule has 0 aromatic heterocycles. The number of carbonyl (C=O) groups is 1. The Kier molecular flexibility index (Phi) is 5.00. The van der Waals surface area contributed by atoms with Crippen LogP contribution < -0.4 is 10.2 Å². The summed E-state index contributed by atoms with van der Waals surface area (Å²) in [6, 6.07) is 9.72. The van der Waals surface area contributed by atoms with E-state index in [1.165, 1.54) is 19.4 Å². The van der Waals surface area contributed by atoms with Gasteiger partial charge < -0.3 is 14.9 Å². The number of benzene rings is 2. The Bertz CT molecular complexity index is 731. The number of methoxy groups -OCH3 is 1. The Morgan fingerprint density at radius 2 is 2.09 bits per heavy atom. The average Bonchev–Trinajstić information content (AvgIpc) is 2.51. The Balaban J connectivity index is 2.20. The van der Waals surface area contributed by atoms with E-state index in [-0.39, 0.29) is 11.3 Å². The summed E-state index contributed by atoms with van der Waals surface area (Å²) < 4.78 is 5.51. The van der Waals surface area contributed by atoms with Gasteiger partial charge in [0, 0.05) is 0 Å². The van der Waals surface area contributed by atoms with Crippen LogP contribution in [0.25, 0.3) is 0 Å². The number of aromatic carboxylic acids is 1. The van der Waals surface area contributed by atoms with Crippen molar-refractivity contribution in [1.29, 1.82) is 0 Å². The monoisotopic (exact) mass is 364 g/mol. The van der Waals surface area contributed by atoms with Crippen molar-refractivity contribution in [1.82, 2.24) is 0 Å². The van der Waals surface area contributed by atoms with E-state index in [4.69, 9.17) is 9.84 Å². The zero-order chi connectivity index (χ0) is 16.1. The zero-order valence-electron chi connectivity index (χ0n) is 11.6. The second-order valence-corrected chi connectivity index (χ2v) is 5.13. The number of phenolic OH excluding ortho intramolecular Hbond substituents is 1. The molecule has 2 aromatic carbocycles. The largest absolute Gasteiger partial charge is 0.503 e. The maximum Gasteiger partial charge on any atom is 0.337 e. The van der Waals surface area contributed by atoms with E-state index < -0.39 is 5.97 Å². The average molecular weight is 365 g/mol. The number of carboxylic acid groups (broad SMARTS) is 1. The highest BCUT2D eigenvalue weighted by atomic mass is 79.9. The predicted molar refractivity (Wildman–Crippen MR) is 87.0 cm³/mol. The SMILES string of the molecule is COc1cc(/C=N\Nc2ccccc2C(=O)O)cc(Br)c1O. The fraction of sp³-hybridized carbons (Fsp3) is 0.0667. The number of hydrazone groups is 1. The first kappa shape index (κ1) is 15.8. The van der Waals surface area contributed by atoms with Gasteiger partial charge in [0.25, 0.3) is 0 Å². The topological polar surface area (TPSA) is 91.2 Å². The maximum atomic E-state index is 11.1. The molecule has 0 spiro atoms. The van der Waals surface area contributed by atoms with Crippen molar-refractivity contribution < 1.29 is 19.7 Å². The van der Waals surface area contributed by atoms with Crippen molar-refractivity contribution in [2.45, 2.75) is 0 Å². The normalized spacial score (nSPS) is 10.6. The third-order valence-corrected chi connectivity index (χ3v) is 3.43. The number of hydrogen-bond acceptors (Lipinski definition) is 5. The number of nitrogens with zero attached hydrogens (tertiary/aromatic N) is 1. The molecule has 0 radical (unpaired) electrons. The third kappa shape index (κ3) is 3.56. The second-order valence-electron chi connectivity index (χ2n) is 4.27. The molecular weight excluding hydrogens is 352 g/mol. The fourth-order valence-electron chi connectivity index (χ4n) is 1.77. The first-order valence-corrected chi connectivity index (χ1v) is 7.00. The van der Waals surface area contributed by atoms with Gasteiger partial charge in [0.05, 0.1) is 29.0 Å². The van der Waals surface area contributed by atoms with Gasteiger partial charge in [0.1, 0.15) is 0 Å². The molecule has 0 bridgehead atoms. The molecule has 0 amide bonds. The Labute approximate surface area is 135 Å². The van der Waals surface area contributed by atoms with Crippen LogP contribution in [0.5, 0.6) is 11.5 Å². The standard InChI is InChI=1S/C15H13BrN2O4/c1-22-13-7-9(6-11(16)14(13)19)8-17-18-12-5-3-2-4-10(12)15(20)21/h2-8,18-19H,1H3,(H,20,21)/b17-8-. The highest BCUT2D eigenvalue weighted by Crippen LogP contribution is 2.34. The van der Waals surface area contributed by atoms with Crippen LogP contribution in [0.1, 0.15) is 15.9 Å². The molecule has 0 fully saturated rings. The number of rotatable bonds is 5. The maximum absolute atomic E-state index is 11.1. The highest BCUT2D eigenvalue weighted by molar-refractivity contribution is 9.10. The molecule has 2 rings (SSSR count). The number of hydrogen-bond donors (Lipinski definition) is 3. The van der Waals surface area contributed by atoms with Crippen LogP contribution in [-0.4, -0.2) is 29.5 Å². The summed E-state index contributed by atoms with van der Waals surface area (Å²) >= 11 is 3.22. The Morgan fingerprint density at radius 1 is 1.36 bits per heavy atom. The van der Waals surface area contributed by atoms with Crippen LogP contribution in [0, 0.1) is 0 Å². The lowest BCUT2D eigenvalue weighted by molar-refractivity contribution is 0.0698. The van der Waals surface area contributed by atoms with Crippen molar-refractivity contribution >= 4 is 33.8 Å². The number of carboxylic acids is 1. The van der Waals surface area contributed by atoms with E-state index in [1.54, 1.807) is 30.3 Å². The van der Waals surface area contributed by atoms with Crippen molar-refractivity contribution in [2.24, 2.45) is 5.10 Å². The molecule has 3 N–H and O–H groups in total. The molecule has 0 saturated carbocycles. The second kappa shape index (κ2) is 6.95. The van der Waals surface area contributed by atoms with Crippen LogP contribution in [0.4, 0.5) is 5.69 Å². The van der Waals surface area contributed by atoms with Crippen LogP contribution in [0.2, 0.25) is 0 Å². The number of halogens is 1. The molecule has 0 heterocycles. The van der Waals surface area contributed by atoms with Crippen molar-refractivity contribution in [3.05, 3.63) is 52.0 Å². The molecule has 114 valence electrons. The molecule has 0 saturated heterocycles. The van der Waals surface area contributed by atoms with E-state index >= 15 is 0 Å². The van der Waals surface area contributed by atoms with Gasteiger partial charge in [-0.2, -0.15) is 5.10 Å². The van der Waals surface area contributed by atoms with Crippen molar-refractivity contribution in [3.8, 4) is 11.5 Å². The summed E-state index contributed by atoms with van der Waals surface area (Å²) in [5, 5.41) is 22.8. The van der Waals surface area contributed by atoms with E-state index in [0.29, 0.717) is 21.5 Å². The zero-order valence-corrected chi connectivity index (χ0v) is 13.2. The number of nitrogens with one attached hydrogen (secondary N) is 1. The van der Waals surface area contributed by atoms with E-state index in [2.05, 4.69) is 26.5 Å². The minimum Gasteiger partial charge on any atom is -0.503 e. The summed E-state index contributed by atoms with van der Waals surface area (Å²) in [5.74, 6) is -0.724. The molecule has 22 heavy (non-hydrogen) atoms. The molecule has 0 aliphatic heterocycles. The van der Waals surface area contributed by atoms with E-state index in [9.17, 15) is 9.90 Å². The van der Waals surface area contributed by atoms with Crippen molar-refractivity contribution in [3.63, 3.8) is 0 Å². The van der Waals surface area contributed by atoms with Gasteiger partial charge in [-0.3, -0.25) is 5.43 Å². The molecule has 0 aliphatic carbocycles. The number of para-hydroxylation sites is 1. The minimum atomic E-state index is -1.03. The molecule has 0 aliphatic rings. The lowest BCUT2D eigenvalue weighted by Gasteiger charge is -2.07. The molecule has 6 nitrogen and oxygen atoms in total. The van der Waals surface area contributed by atoms with Gasteiger partial charge in [-0.15, -0.1) is 0 Å². The molecule has 0 unspecified atom stereocenters. The molecule has 7 heteroatoms. The highest BCUT2D eigenvalue weighted by Gasteiger charge is 2.09. The fourth-order valence-corrected chi connectivity index (χ4v) is 2.23. The number of aromatic hydroxyl groups is 1. The third-order valence-electron chi connectivity index (χ3n) is 2.83. The molecule has 0 atom stereocenters. The van der Waals surface area contributed by atoms with Crippen molar-refractivity contribution in [2.75, 3.05) is 12.5 Å². The predicted octanol–water partition coefficient (Wildman–Crippen LogP) is 3.31. The molecular formula is C15H13BrN2O4. The van der Waals surface area contributed by atoms with Gasteiger partial charge >= 0.3 is 5.97 Å². The Morgan fingerprint density at radius 3 is 2.77 bits per heavy atom. The van der Waals surface area contributed by atoms with Crippen LogP contribution in [0.3, 0.4) is 0 Å². The molecule has 2 aromatic rings. The quantitative estimate of drug-likeness (QED) is 0.559. The lowest BCUT2D eigenvalue weighted by Crippen LogP contribution is -2.02. The summed E-state index contributed by atoms with van der Waals surface area (Å²) in [6.45, 7) is 0. The summed E-state index contributed by atoms with van der Waals surface area (Å²) in [4.78, 5) is 11.1. The van der Waals surface area contributed by atoms with Crippen LogP contribution in [-0.2, 0) is 0 Å². The van der Waals surface area contributed by atoms with E-state index in [0.717, 1.165) is 0 Å². The van der Waals surface area contributed by atoms with Gasteiger partial charge in [-0.05, 0) is 45.8 Å². The van der Waals surface area contributed by atoms with Crippen LogP contribution >= 0.6 is 15.9 Å². The number of anilines is 1. The summed E-state index contributed by atoms with van der Waals surface area (Å²) in [6.07, 6.45) is 1.49. The summed E-state index contributed by atoms with van der Waals surface area (Å²) in [5.41, 5.74) is 3.87. The Hall–Kier alpha value is -2.54. The minimum absolute atomic E-state index is 0.00355. The van der Waals surface area contributed by atoms with Gasteiger partial charge in [0.15, 0.2) is 11.5 Å². The number of phenols is 1. The first-order chi connectivity index (χ1) is 10.5. The lowest BCUT2D eigenvalue weighted by atomic mass is 10.2. The summed E-state index contributed by atoms with van der Waals surface area (Å²) in [7, 11) is 1.45. The van der Waals surface area contributed by atoms with Gasteiger partial charge in [0.2, 0.25) is 0 Å². The first-order valence-electron chi connectivity index (χ1n) is 6.21. The number of ether oxygens (including phenoxy) is 1. The van der Waals surface area contributed by atoms with Gasteiger partial charge in [-0.1, -0.05) is 12.1 Å². The van der Waals surface area contributed by atoms with Gasteiger partial charge in [-0.25, -0.2) is 4.79 Å². The smallest absolute Gasteiger partial charge is 0.337 e.